The van der Waals surface area contributed by atoms with Crippen molar-refractivity contribution >= 4 is 28.9 Å². The lowest BCUT2D eigenvalue weighted by atomic mass is 10.0. The lowest BCUT2D eigenvalue weighted by molar-refractivity contribution is -0.134. The molecule has 0 aliphatic carbocycles. The fourth-order valence-corrected chi connectivity index (χ4v) is 2.33. The van der Waals surface area contributed by atoms with Crippen molar-refractivity contribution in [3.8, 4) is 0 Å². The van der Waals surface area contributed by atoms with E-state index >= 15 is 0 Å². The van der Waals surface area contributed by atoms with E-state index in [2.05, 4.69) is 5.32 Å². The van der Waals surface area contributed by atoms with E-state index in [0.717, 1.165) is 11.3 Å². The van der Waals surface area contributed by atoms with Crippen LogP contribution in [-0.4, -0.2) is 11.9 Å². The number of amides is 1. The third-order valence-electron chi connectivity index (χ3n) is 3.18. The fourth-order valence-electron chi connectivity index (χ4n) is 2.33. The van der Waals surface area contributed by atoms with Gasteiger partial charge in [0.05, 0.1) is 5.57 Å². The largest absolute Gasteiger partial charge is 0.425 e. The van der Waals surface area contributed by atoms with Gasteiger partial charge in [-0.15, -0.1) is 0 Å². The van der Waals surface area contributed by atoms with Crippen molar-refractivity contribution in [2.75, 3.05) is 5.32 Å². The molecule has 0 saturated heterocycles. The minimum atomic E-state index is -0.460. The summed E-state index contributed by atoms with van der Waals surface area (Å²) in [6, 6.07) is 16.5. The van der Waals surface area contributed by atoms with E-state index in [4.69, 9.17) is 4.74 Å². The van der Waals surface area contributed by atoms with E-state index in [9.17, 15) is 9.59 Å². The normalized spacial score (nSPS) is 15.2. The number of ether oxygens (including phenoxy) is 1. The maximum absolute atomic E-state index is 12.3. The monoisotopic (exact) mass is 279 g/mol. The predicted octanol–water partition coefficient (Wildman–Crippen LogP) is 3.07. The molecule has 0 unspecified atom stereocenters. The molecule has 21 heavy (non-hydrogen) atoms. The van der Waals surface area contributed by atoms with Crippen LogP contribution < -0.4 is 5.32 Å². The fraction of sp³-hybridized carbons (Fsp3) is 0.0588. The second kappa shape index (κ2) is 5.25. The summed E-state index contributed by atoms with van der Waals surface area (Å²) in [6.45, 7) is 1.32. The number of anilines is 1. The van der Waals surface area contributed by atoms with Gasteiger partial charge in [0.2, 0.25) is 0 Å². The number of carbonyl (C=O) groups is 2. The zero-order valence-electron chi connectivity index (χ0n) is 11.4. The van der Waals surface area contributed by atoms with Crippen LogP contribution in [-0.2, 0) is 14.3 Å². The molecule has 4 heteroatoms. The van der Waals surface area contributed by atoms with Gasteiger partial charge in [-0.2, -0.15) is 0 Å². The van der Waals surface area contributed by atoms with Crippen LogP contribution in [0.15, 0.2) is 54.6 Å². The Morgan fingerprint density at radius 1 is 1.00 bits per heavy atom. The molecule has 0 saturated carbocycles. The predicted molar refractivity (Wildman–Crippen MR) is 80.1 cm³/mol. The van der Waals surface area contributed by atoms with Crippen molar-refractivity contribution in [2.24, 2.45) is 0 Å². The van der Waals surface area contributed by atoms with Crippen LogP contribution in [0, 0.1) is 0 Å². The molecule has 4 nitrogen and oxygen atoms in total. The van der Waals surface area contributed by atoms with Crippen LogP contribution in [0.3, 0.4) is 0 Å². The molecule has 0 radical (unpaired) electrons. The Kier molecular flexibility index (Phi) is 3.28. The van der Waals surface area contributed by atoms with E-state index in [1.165, 1.54) is 6.92 Å². The smallest absolute Gasteiger partial charge is 0.308 e. The number of carbonyl (C=O) groups excluding carboxylic acids is 2. The Hall–Kier alpha value is -2.88. The minimum Gasteiger partial charge on any atom is -0.425 e. The average molecular weight is 279 g/mol. The van der Waals surface area contributed by atoms with Gasteiger partial charge in [0.1, 0.15) is 0 Å². The summed E-state index contributed by atoms with van der Waals surface area (Å²) in [6.07, 6.45) is 0. The highest BCUT2D eigenvalue weighted by molar-refractivity contribution is 6.36. The Morgan fingerprint density at radius 2 is 1.67 bits per heavy atom. The van der Waals surface area contributed by atoms with Crippen LogP contribution in [0.2, 0.25) is 0 Å². The van der Waals surface area contributed by atoms with Crippen molar-refractivity contribution in [2.45, 2.75) is 6.92 Å². The first-order valence-corrected chi connectivity index (χ1v) is 6.55. The van der Waals surface area contributed by atoms with Crippen LogP contribution in [0.25, 0.3) is 11.3 Å². The molecule has 2 aromatic carbocycles. The Labute approximate surface area is 122 Å². The SMILES string of the molecule is CC(=O)O/C(=C1/C(=O)Nc2ccccc21)c1ccccc1. The number of fused-ring (bicyclic) bond motifs is 1. The molecule has 1 heterocycles. The van der Waals surface area contributed by atoms with Gasteiger partial charge in [0.25, 0.3) is 5.91 Å². The molecule has 0 fully saturated rings. The van der Waals surface area contributed by atoms with Crippen molar-refractivity contribution in [3.63, 3.8) is 0 Å². The molecule has 104 valence electrons. The standard InChI is InChI=1S/C17H13NO3/c1-11(19)21-16(12-7-3-2-4-8-12)15-13-9-5-6-10-14(13)18-17(15)20/h2-10H,1H3,(H,18,20)/b16-15+. The first-order chi connectivity index (χ1) is 10.2. The number of benzene rings is 2. The van der Waals surface area contributed by atoms with Gasteiger partial charge in [-0.05, 0) is 6.07 Å². The highest BCUT2D eigenvalue weighted by Gasteiger charge is 2.29. The number of rotatable bonds is 2. The zero-order chi connectivity index (χ0) is 14.8. The second-order valence-corrected chi connectivity index (χ2v) is 4.66. The zero-order valence-corrected chi connectivity index (χ0v) is 11.4. The molecule has 3 rings (SSSR count). The quantitative estimate of drug-likeness (QED) is 0.522. The highest BCUT2D eigenvalue weighted by atomic mass is 16.5. The average Bonchev–Trinajstić information content (AvgIpc) is 2.81. The third-order valence-corrected chi connectivity index (χ3v) is 3.18. The summed E-state index contributed by atoms with van der Waals surface area (Å²) in [5.74, 6) is -0.444. The van der Waals surface area contributed by atoms with E-state index in [1.54, 1.807) is 12.1 Å². The van der Waals surface area contributed by atoms with E-state index < -0.39 is 5.97 Å². The van der Waals surface area contributed by atoms with Gasteiger partial charge in [-0.1, -0.05) is 48.5 Å². The van der Waals surface area contributed by atoms with Crippen molar-refractivity contribution < 1.29 is 14.3 Å². The number of hydrogen-bond acceptors (Lipinski definition) is 3. The van der Waals surface area contributed by atoms with E-state index in [-0.39, 0.29) is 11.7 Å². The van der Waals surface area contributed by atoms with E-state index in [0.29, 0.717) is 11.1 Å². The van der Waals surface area contributed by atoms with Gasteiger partial charge in [-0.25, -0.2) is 0 Å². The lowest BCUT2D eigenvalue weighted by Gasteiger charge is -2.10. The molecule has 2 aromatic rings. The first-order valence-electron chi connectivity index (χ1n) is 6.55. The molecule has 1 amide bonds. The molecule has 1 N–H and O–H groups in total. The summed E-state index contributed by atoms with van der Waals surface area (Å²) in [5.41, 5.74) is 2.53. The highest BCUT2D eigenvalue weighted by Crippen LogP contribution is 2.37. The summed E-state index contributed by atoms with van der Waals surface area (Å²) >= 11 is 0. The molecule has 0 aromatic heterocycles. The molecular formula is C17H13NO3. The second-order valence-electron chi connectivity index (χ2n) is 4.66. The van der Waals surface area contributed by atoms with Crippen molar-refractivity contribution in [1.29, 1.82) is 0 Å². The summed E-state index contributed by atoms with van der Waals surface area (Å²) in [7, 11) is 0. The molecular weight excluding hydrogens is 266 g/mol. The summed E-state index contributed by atoms with van der Waals surface area (Å²) in [4.78, 5) is 23.7. The Balaban J connectivity index is 2.23. The molecule has 1 aliphatic heterocycles. The molecule has 1 aliphatic rings. The summed E-state index contributed by atoms with van der Waals surface area (Å²) in [5, 5.41) is 2.78. The maximum atomic E-state index is 12.3. The van der Waals surface area contributed by atoms with Crippen LogP contribution in [0.5, 0.6) is 0 Å². The number of hydrogen-bond donors (Lipinski definition) is 1. The van der Waals surface area contributed by atoms with Gasteiger partial charge in [-0.3, -0.25) is 9.59 Å². The first kappa shape index (κ1) is 13.1. The number of nitrogens with one attached hydrogen (secondary N) is 1. The minimum absolute atomic E-state index is 0.267. The lowest BCUT2D eigenvalue weighted by Crippen LogP contribution is -2.09. The van der Waals surface area contributed by atoms with E-state index in [1.807, 2.05) is 42.5 Å². The van der Waals surface area contributed by atoms with Gasteiger partial charge < -0.3 is 10.1 Å². The van der Waals surface area contributed by atoms with Crippen molar-refractivity contribution in [3.05, 3.63) is 65.7 Å². The number of esters is 1. The Bertz CT molecular complexity index is 748. The van der Waals surface area contributed by atoms with Crippen LogP contribution >= 0.6 is 0 Å². The Morgan fingerprint density at radius 3 is 2.38 bits per heavy atom. The maximum Gasteiger partial charge on any atom is 0.308 e. The van der Waals surface area contributed by atoms with Crippen molar-refractivity contribution in [1.82, 2.24) is 0 Å². The topological polar surface area (TPSA) is 55.4 Å². The van der Waals surface area contributed by atoms with Gasteiger partial charge in [0, 0.05) is 23.7 Å². The van der Waals surface area contributed by atoms with Gasteiger partial charge in [0.15, 0.2) is 5.76 Å². The number of para-hydroxylation sites is 1. The van der Waals surface area contributed by atoms with Crippen LogP contribution in [0.4, 0.5) is 5.69 Å². The molecule has 0 spiro atoms. The van der Waals surface area contributed by atoms with Gasteiger partial charge >= 0.3 is 5.97 Å². The summed E-state index contributed by atoms with van der Waals surface area (Å²) < 4.78 is 5.33. The molecule has 0 bridgehead atoms. The molecule has 0 atom stereocenters. The van der Waals surface area contributed by atoms with Crippen LogP contribution in [0.1, 0.15) is 18.1 Å². The third kappa shape index (κ3) is 2.43.